The largest absolute Gasteiger partial charge is 0.338 e. The summed E-state index contributed by atoms with van der Waals surface area (Å²) in [6, 6.07) is 6.11. The zero-order valence-electron chi connectivity index (χ0n) is 8.12. The van der Waals surface area contributed by atoms with E-state index >= 15 is 0 Å². The van der Waals surface area contributed by atoms with Gasteiger partial charge in [-0.05, 0) is 12.1 Å². The van der Waals surface area contributed by atoms with Gasteiger partial charge in [-0.25, -0.2) is 4.39 Å². The maximum atomic E-state index is 13.3. The normalized spacial score (nSPS) is 16.3. The van der Waals surface area contributed by atoms with Crippen LogP contribution in [0.2, 0.25) is 0 Å². The molecule has 0 atom stereocenters. The first-order valence-electron chi connectivity index (χ1n) is 4.82. The van der Waals surface area contributed by atoms with Gasteiger partial charge < -0.3 is 4.90 Å². The summed E-state index contributed by atoms with van der Waals surface area (Å²) in [5.74, 6) is -0.129. The van der Waals surface area contributed by atoms with Crippen LogP contribution in [0.5, 0.6) is 0 Å². The molecule has 0 N–H and O–H groups in total. The highest BCUT2D eigenvalue weighted by Crippen LogP contribution is 2.21. The van der Waals surface area contributed by atoms with Crippen LogP contribution in [-0.2, 0) is 0 Å². The van der Waals surface area contributed by atoms with Crippen LogP contribution < -0.4 is 0 Å². The number of amides is 1. The number of carbonyl (C=O) groups is 1. The van der Waals surface area contributed by atoms with Crippen molar-refractivity contribution in [1.29, 1.82) is 0 Å². The Hall–Kier alpha value is -0.900. The Morgan fingerprint density at radius 2 is 2.13 bits per heavy atom. The molecule has 1 amide bonds. The molecule has 0 spiro atoms. The quantitative estimate of drug-likeness (QED) is 0.756. The summed E-state index contributed by atoms with van der Waals surface area (Å²) in [6.45, 7) is 1.44. The number of carbonyl (C=O) groups excluding carboxylic acids is 1. The highest BCUT2D eigenvalue weighted by atomic mass is 79.9. The lowest BCUT2D eigenvalue weighted by molar-refractivity contribution is 0.0534. The minimum Gasteiger partial charge on any atom is -0.338 e. The minimum atomic E-state index is -0.440. The lowest BCUT2D eigenvalue weighted by atomic mass is 10.0. The number of alkyl halides is 1. The fraction of sp³-hybridized carbons (Fsp3) is 0.364. The maximum Gasteiger partial charge on any atom is 0.256 e. The van der Waals surface area contributed by atoms with E-state index in [9.17, 15) is 9.18 Å². The Bertz CT molecular complexity index is 377. The highest BCUT2D eigenvalue weighted by Gasteiger charge is 2.31. The van der Waals surface area contributed by atoms with E-state index in [4.69, 9.17) is 0 Å². The first kappa shape index (κ1) is 10.6. The van der Waals surface area contributed by atoms with Crippen LogP contribution in [0.4, 0.5) is 4.39 Å². The van der Waals surface area contributed by atoms with Crippen LogP contribution in [0.15, 0.2) is 24.3 Å². The van der Waals surface area contributed by atoms with Crippen LogP contribution in [0.25, 0.3) is 0 Å². The molecule has 0 aliphatic carbocycles. The summed E-state index contributed by atoms with van der Waals surface area (Å²) in [5.41, 5.74) is 0.172. The van der Waals surface area contributed by atoms with E-state index in [1.54, 1.807) is 17.0 Å². The van der Waals surface area contributed by atoms with E-state index in [1.807, 2.05) is 0 Å². The molecule has 1 aromatic rings. The SMILES string of the molecule is O=C(c1ccccc1F)N1CC(CBr)C1. The second-order valence-electron chi connectivity index (χ2n) is 3.71. The topological polar surface area (TPSA) is 20.3 Å². The number of hydrogen-bond acceptors (Lipinski definition) is 1. The molecule has 1 saturated heterocycles. The molecular weight excluding hydrogens is 261 g/mol. The Labute approximate surface area is 96.2 Å². The van der Waals surface area contributed by atoms with Crippen molar-refractivity contribution < 1.29 is 9.18 Å². The zero-order valence-corrected chi connectivity index (χ0v) is 9.71. The van der Waals surface area contributed by atoms with Crippen molar-refractivity contribution in [2.24, 2.45) is 5.92 Å². The van der Waals surface area contributed by atoms with Gasteiger partial charge in [-0.3, -0.25) is 4.79 Å². The Morgan fingerprint density at radius 1 is 1.47 bits per heavy atom. The molecule has 2 nitrogen and oxygen atoms in total. The van der Waals surface area contributed by atoms with Crippen LogP contribution in [0.1, 0.15) is 10.4 Å². The maximum absolute atomic E-state index is 13.3. The molecule has 1 aliphatic heterocycles. The van der Waals surface area contributed by atoms with Crippen LogP contribution in [0, 0.1) is 11.7 Å². The average Bonchev–Trinajstić information content (AvgIpc) is 2.16. The third kappa shape index (κ3) is 2.04. The monoisotopic (exact) mass is 271 g/mol. The summed E-state index contributed by atoms with van der Waals surface area (Å²) >= 11 is 3.36. The van der Waals surface area contributed by atoms with Gasteiger partial charge >= 0.3 is 0 Å². The van der Waals surface area contributed by atoms with Gasteiger partial charge in [-0.1, -0.05) is 28.1 Å². The Kier molecular flexibility index (Phi) is 3.05. The second-order valence-corrected chi connectivity index (χ2v) is 4.36. The van der Waals surface area contributed by atoms with Gasteiger partial charge in [-0.15, -0.1) is 0 Å². The van der Waals surface area contributed by atoms with Crippen molar-refractivity contribution in [1.82, 2.24) is 4.90 Å². The number of halogens is 2. The molecule has 0 bridgehead atoms. The molecule has 1 heterocycles. The molecule has 0 radical (unpaired) electrons. The van der Waals surface area contributed by atoms with Gasteiger partial charge in [0.05, 0.1) is 5.56 Å². The van der Waals surface area contributed by atoms with Crippen molar-refractivity contribution in [3.05, 3.63) is 35.6 Å². The molecule has 4 heteroatoms. The van der Waals surface area contributed by atoms with Crippen LogP contribution in [-0.4, -0.2) is 29.2 Å². The van der Waals surface area contributed by atoms with E-state index in [2.05, 4.69) is 15.9 Å². The third-order valence-electron chi connectivity index (χ3n) is 2.57. The van der Waals surface area contributed by atoms with Crippen molar-refractivity contribution in [3.8, 4) is 0 Å². The van der Waals surface area contributed by atoms with Gasteiger partial charge in [0.2, 0.25) is 0 Å². The number of likely N-dealkylation sites (tertiary alicyclic amines) is 1. The predicted molar refractivity (Wildman–Crippen MR) is 59.6 cm³/mol. The summed E-state index contributed by atoms with van der Waals surface area (Å²) in [7, 11) is 0. The summed E-state index contributed by atoms with van der Waals surface area (Å²) in [6.07, 6.45) is 0. The van der Waals surface area contributed by atoms with Gasteiger partial charge in [0.15, 0.2) is 0 Å². The van der Waals surface area contributed by atoms with Crippen LogP contribution in [0.3, 0.4) is 0 Å². The molecule has 15 heavy (non-hydrogen) atoms. The first-order valence-corrected chi connectivity index (χ1v) is 5.94. The minimum absolute atomic E-state index is 0.172. The highest BCUT2D eigenvalue weighted by molar-refractivity contribution is 9.09. The summed E-state index contributed by atoms with van der Waals surface area (Å²) < 4.78 is 13.3. The Morgan fingerprint density at radius 3 is 2.73 bits per heavy atom. The molecule has 0 aromatic heterocycles. The Balaban J connectivity index is 2.07. The van der Waals surface area contributed by atoms with Crippen LogP contribution >= 0.6 is 15.9 Å². The van der Waals surface area contributed by atoms with Crippen molar-refractivity contribution in [3.63, 3.8) is 0 Å². The summed E-state index contributed by atoms with van der Waals surface area (Å²) in [4.78, 5) is 13.5. The van der Waals surface area contributed by atoms with E-state index in [0.717, 1.165) is 18.4 Å². The zero-order chi connectivity index (χ0) is 10.8. The lowest BCUT2D eigenvalue weighted by Crippen LogP contribution is -2.50. The molecule has 1 fully saturated rings. The lowest BCUT2D eigenvalue weighted by Gasteiger charge is -2.38. The van der Waals surface area contributed by atoms with Crippen molar-refractivity contribution in [2.45, 2.75) is 0 Å². The molecule has 0 unspecified atom stereocenters. The van der Waals surface area contributed by atoms with E-state index in [-0.39, 0.29) is 11.5 Å². The second kappa shape index (κ2) is 4.31. The average molecular weight is 272 g/mol. The van der Waals surface area contributed by atoms with E-state index in [0.29, 0.717) is 5.92 Å². The number of nitrogens with zero attached hydrogens (tertiary/aromatic N) is 1. The predicted octanol–water partition coefficient (Wildman–Crippen LogP) is 2.29. The van der Waals surface area contributed by atoms with E-state index < -0.39 is 5.82 Å². The fourth-order valence-electron chi connectivity index (χ4n) is 1.64. The first-order chi connectivity index (χ1) is 7.22. The van der Waals surface area contributed by atoms with Gasteiger partial charge in [0, 0.05) is 24.3 Å². The standard InChI is InChI=1S/C11H11BrFNO/c12-5-8-6-14(7-8)11(15)9-3-1-2-4-10(9)13/h1-4,8H,5-7H2. The van der Waals surface area contributed by atoms with Crippen molar-refractivity contribution >= 4 is 21.8 Å². The molecule has 80 valence electrons. The molecule has 0 saturated carbocycles. The summed E-state index contributed by atoms with van der Waals surface area (Å²) in [5, 5.41) is 0.897. The molecular formula is C11H11BrFNO. The number of benzene rings is 1. The number of hydrogen-bond donors (Lipinski definition) is 0. The van der Waals surface area contributed by atoms with Gasteiger partial charge in [-0.2, -0.15) is 0 Å². The smallest absolute Gasteiger partial charge is 0.256 e. The molecule has 1 aromatic carbocycles. The van der Waals surface area contributed by atoms with Gasteiger partial charge in [0.1, 0.15) is 5.82 Å². The molecule has 1 aliphatic rings. The third-order valence-corrected chi connectivity index (χ3v) is 3.48. The van der Waals surface area contributed by atoms with E-state index in [1.165, 1.54) is 12.1 Å². The van der Waals surface area contributed by atoms with Gasteiger partial charge in [0.25, 0.3) is 5.91 Å². The van der Waals surface area contributed by atoms with Crippen molar-refractivity contribution in [2.75, 3.05) is 18.4 Å². The fourth-order valence-corrected chi connectivity index (χ4v) is 2.05. The molecule has 2 rings (SSSR count). The number of rotatable bonds is 2.